The Kier molecular flexibility index (Phi) is 9.80. The highest BCUT2D eigenvalue weighted by molar-refractivity contribution is 6.32. The number of aromatic nitrogens is 1. The molecule has 2 N–H and O–H groups in total. The summed E-state index contributed by atoms with van der Waals surface area (Å²) in [6.45, 7) is 11.3. The van der Waals surface area contributed by atoms with E-state index in [1.807, 2.05) is 49.9 Å². The number of amides is 3. The molecule has 11 nitrogen and oxygen atoms in total. The molecule has 0 atom stereocenters. The lowest BCUT2D eigenvalue weighted by molar-refractivity contribution is -0.587. The number of nitrogens with one attached hydrogen (secondary N) is 2. The van der Waals surface area contributed by atoms with E-state index in [0.717, 1.165) is 31.7 Å². The summed E-state index contributed by atoms with van der Waals surface area (Å²) in [6, 6.07) is 14.1. The van der Waals surface area contributed by atoms with E-state index in [2.05, 4.69) is 25.1 Å². The molecule has 13 heteroatoms. The lowest BCUT2D eigenvalue weighted by Gasteiger charge is -2.37. The van der Waals surface area contributed by atoms with E-state index >= 15 is 0 Å². The van der Waals surface area contributed by atoms with Crippen LogP contribution in [0.2, 0.25) is 10.0 Å². The maximum absolute atomic E-state index is 13.8. The fourth-order valence-corrected chi connectivity index (χ4v) is 6.14. The number of benzene rings is 2. The number of anilines is 3. The van der Waals surface area contributed by atoms with Crippen molar-refractivity contribution in [2.45, 2.75) is 39.2 Å². The van der Waals surface area contributed by atoms with Crippen LogP contribution in [0.1, 0.15) is 59.9 Å². The summed E-state index contributed by atoms with van der Waals surface area (Å²) in [4.78, 5) is 50.5. The Hall–Kier alpha value is -4.35. The molecular weight excluding hydrogens is 653 g/mol. The average molecular weight is 694 g/mol. The molecule has 252 valence electrons. The third-order valence-electron chi connectivity index (χ3n) is 8.52. The molecule has 3 aliphatic heterocycles. The number of pyridine rings is 1. The number of ether oxygens (including phenoxy) is 1. The van der Waals surface area contributed by atoms with Crippen LogP contribution < -0.4 is 15.5 Å². The van der Waals surface area contributed by atoms with Crippen molar-refractivity contribution in [2.75, 3.05) is 67.9 Å². The van der Waals surface area contributed by atoms with Gasteiger partial charge in [0, 0.05) is 55.8 Å². The monoisotopic (exact) mass is 692 g/mol. The second-order valence-electron chi connectivity index (χ2n) is 13.2. The zero-order valence-corrected chi connectivity index (χ0v) is 28.9. The minimum absolute atomic E-state index is 0.167. The average Bonchev–Trinajstić information content (AvgIpc) is 3.00. The number of hydrogen-bond acceptors (Lipinski definition) is 6. The SMILES string of the molecule is CC(C)(C)OC(=O)N1CCN(c2cc(Cl)cc(C(=O)Nc3ccc(Cl)cn3)c2NC(=O)c2ccc(C(N3CCC3)=[N+]3CCC3)cc2)CC1. The summed E-state index contributed by atoms with van der Waals surface area (Å²) in [5.41, 5.74) is 1.96. The molecular formula is C35H40Cl2N7O4+. The first-order chi connectivity index (χ1) is 22.9. The Morgan fingerprint density at radius 1 is 0.792 bits per heavy atom. The zero-order valence-electron chi connectivity index (χ0n) is 27.4. The van der Waals surface area contributed by atoms with Crippen molar-refractivity contribution in [1.82, 2.24) is 14.8 Å². The molecule has 3 amide bonds. The van der Waals surface area contributed by atoms with E-state index in [1.54, 1.807) is 23.1 Å². The van der Waals surface area contributed by atoms with Crippen LogP contribution in [0.5, 0.6) is 0 Å². The lowest BCUT2D eigenvalue weighted by atomic mass is 10.0. The van der Waals surface area contributed by atoms with Crippen molar-refractivity contribution in [3.63, 3.8) is 0 Å². The van der Waals surface area contributed by atoms with Crippen molar-refractivity contribution < 1.29 is 23.7 Å². The number of hydrogen-bond donors (Lipinski definition) is 2. The minimum atomic E-state index is -0.610. The second kappa shape index (κ2) is 14.0. The van der Waals surface area contributed by atoms with Gasteiger partial charge in [-0.25, -0.2) is 9.78 Å². The van der Waals surface area contributed by atoms with Gasteiger partial charge in [0.05, 0.1) is 53.7 Å². The topological polar surface area (TPSA) is 110 Å². The molecule has 3 saturated heterocycles. The molecule has 0 unspecified atom stereocenters. The number of amidine groups is 1. The van der Waals surface area contributed by atoms with Crippen LogP contribution in [0.4, 0.5) is 22.0 Å². The first-order valence-corrected chi connectivity index (χ1v) is 17.0. The van der Waals surface area contributed by atoms with Gasteiger partial charge in [-0.3, -0.25) is 19.1 Å². The first-order valence-electron chi connectivity index (χ1n) is 16.2. The molecule has 0 bridgehead atoms. The molecule has 0 radical (unpaired) electrons. The van der Waals surface area contributed by atoms with Gasteiger partial charge in [0.2, 0.25) is 0 Å². The number of piperazine rings is 1. The Balaban J connectivity index is 1.28. The van der Waals surface area contributed by atoms with Crippen molar-refractivity contribution in [2.24, 2.45) is 0 Å². The molecule has 48 heavy (non-hydrogen) atoms. The first kappa shape index (κ1) is 33.5. The van der Waals surface area contributed by atoms with Crippen LogP contribution >= 0.6 is 23.2 Å². The maximum Gasteiger partial charge on any atom is 0.410 e. The number of carbonyl (C=O) groups is 3. The maximum atomic E-state index is 13.8. The van der Waals surface area contributed by atoms with Gasteiger partial charge in [0.25, 0.3) is 17.6 Å². The molecule has 3 aromatic rings. The predicted molar refractivity (Wildman–Crippen MR) is 188 cm³/mol. The van der Waals surface area contributed by atoms with Gasteiger partial charge in [-0.15, -0.1) is 0 Å². The summed E-state index contributed by atoms with van der Waals surface area (Å²) >= 11 is 12.6. The number of halogens is 2. The van der Waals surface area contributed by atoms with Gasteiger partial charge >= 0.3 is 6.09 Å². The Labute approximate surface area is 290 Å². The van der Waals surface area contributed by atoms with Crippen LogP contribution in [0, 0.1) is 0 Å². The molecule has 3 aliphatic rings. The number of likely N-dealkylation sites (tertiary alicyclic amines) is 1. The highest BCUT2D eigenvalue weighted by Crippen LogP contribution is 2.35. The summed E-state index contributed by atoms with van der Waals surface area (Å²) in [6.07, 6.45) is 3.41. The van der Waals surface area contributed by atoms with Gasteiger partial charge in [-0.1, -0.05) is 23.2 Å². The third-order valence-corrected chi connectivity index (χ3v) is 8.96. The quantitative estimate of drug-likeness (QED) is 0.248. The molecule has 6 rings (SSSR count). The fourth-order valence-electron chi connectivity index (χ4n) is 5.82. The smallest absolute Gasteiger partial charge is 0.410 e. The van der Waals surface area contributed by atoms with Crippen LogP contribution in [0.25, 0.3) is 0 Å². The Morgan fingerprint density at radius 3 is 2.04 bits per heavy atom. The fraction of sp³-hybridized carbons (Fsp3) is 0.400. The van der Waals surface area contributed by atoms with Gasteiger partial charge in [-0.05, 0) is 69.3 Å². The molecule has 4 heterocycles. The summed E-state index contributed by atoms with van der Waals surface area (Å²) in [5.74, 6) is 0.640. The van der Waals surface area contributed by atoms with Gasteiger partial charge in [-0.2, -0.15) is 0 Å². The van der Waals surface area contributed by atoms with Crippen molar-refractivity contribution in [3.05, 3.63) is 81.5 Å². The molecule has 3 fully saturated rings. The van der Waals surface area contributed by atoms with Crippen molar-refractivity contribution >= 4 is 64.1 Å². The van der Waals surface area contributed by atoms with Crippen molar-refractivity contribution in [3.8, 4) is 0 Å². The highest BCUT2D eigenvalue weighted by atomic mass is 35.5. The van der Waals surface area contributed by atoms with Crippen LogP contribution in [-0.4, -0.2) is 101 Å². The normalized spacial score (nSPS) is 16.1. The molecule has 0 saturated carbocycles. The van der Waals surface area contributed by atoms with E-state index in [1.165, 1.54) is 30.9 Å². The Bertz CT molecular complexity index is 1720. The standard InChI is InChI=1S/C35H39Cl2N7O4/c1-35(2,3)48-34(47)44-18-16-41(17-19-44)28-21-26(37)20-27(32(46)39-29-11-10-25(36)22-38-29)30(28)40-31(45)23-6-8-24(9-7-23)33(42-12-4-13-42)43-14-5-15-43/h6-11,20-22H,4-5,12-19H2,1-3H3,(H-,38,39,40,45,46)/p+1. The highest BCUT2D eigenvalue weighted by Gasteiger charge is 2.33. The largest absolute Gasteiger partial charge is 0.444 e. The van der Waals surface area contributed by atoms with E-state index in [0.29, 0.717) is 59.0 Å². The van der Waals surface area contributed by atoms with E-state index in [-0.39, 0.29) is 17.6 Å². The van der Waals surface area contributed by atoms with Gasteiger partial charge < -0.3 is 25.2 Å². The molecule has 1 aromatic heterocycles. The number of carbonyl (C=O) groups excluding carboxylic acids is 3. The molecule has 2 aromatic carbocycles. The van der Waals surface area contributed by atoms with E-state index < -0.39 is 11.5 Å². The number of rotatable bonds is 6. The van der Waals surface area contributed by atoms with Gasteiger partial charge in [0.15, 0.2) is 0 Å². The van der Waals surface area contributed by atoms with Crippen LogP contribution in [0.3, 0.4) is 0 Å². The van der Waals surface area contributed by atoms with E-state index in [4.69, 9.17) is 27.9 Å². The van der Waals surface area contributed by atoms with E-state index in [9.17, 15) is 14.4 Å². The number of nitrogens with zero attached hydrogens (tertiary/aromatic N) is 5. The second-order valence-corrected chi connectivity index (χ2v) is 14.0. The van der Waals surface area contributed by atoms with Crippen molar-refractivity contribution in [1.29, 1.82) is 0 Å². The lowest BCUT2D eigenvalue weighted by Crippen LogP contribution is -2.50. The molecule has 0 aliphatic carbocycles. The predicted octanol–water partition coefficient (Wildman–Crippen LogP) is 5.82. The molecule has 0 spiro atoms. The van der Waals surface area contributed by atoms with Crippen LogP contribution in [0.15, 0.2) is 54.7 Å². The third kappa shape index (κ3) is 7.68. The minimum Gasteiger partial charge on any atom is -0.444 e. The van der Waals surface area contributed by atoms with Crippen LogP contribution in [-0.2, 0) is 4.74 Å². The summed E-state index contributed by atoms with van der Waals surface area (Å²) in [5, 5.41) is 6.56. The Morgan fingerprint density at radius 2 is 1.48 bits per heavy atom. The van der Waals surface area contributed by atoms with Gasteiger partial charge in [0.1, 0.15) is 11.4 Å². The zero-order chi connectivity index (χ0) is 34.0. The summed E-state index contributed by atoms with van der Waals surface area (Å²) < 4.78 is 7.95. The summed E-state index contributed by atoms with van der Waals surface area (Å²) in [7, 11) is 0.